The van der Waals surface area contributed by atoms with Gasteiger partial charge in [0.25, 0.3) is 0 Å². The minimum absolute atomic E-state index is 0.0676. The lowest BCUT2D eigenvalue weighted by Gasteiger charge is -2.32. The second kappa shape index (κ2) is 11.9. The van der Waals surface area contributed by atoms with Gasteiger partial charge in [0.15, 0.2) is 0 Å². The molecule has 0 unspecified atom stereocenters. The normalized spacial score (nSPS) is 16.1. The summed E-state index contributed by atoms with van der Waals surface area (Å²) in [5.74, 6) is -0.803. The van der Waals surface area contributed by atoms with Gasteiger partial charge >= 0.3 is 0 Å². The fourth-order valence-electron chi connectivity index (χ4n) is 3.77. The van der Waals surface area contributed by atoms with Crippen LogP contribution in [0.15, 0.2) is 42.5 Å². The smallest absolute Gasteiger partial charge is 0.241 e. The van der Waals surface area contributed by atoms with Gasteiger partial charge in [0, 0.05) is 39.3 Å². The Balaban J connectivity index is 1.61. The van der Waals surface area contributed by atoms with E-state index in [-0.39, 0.29) is 6.42 Å². The van der Waals surface area contributed by atoms with E-state index in [2.05, 4.69) is 16.0 Å². The summed E-state index contributed by atoms with van der Waals surface area (Å²) < 4.78 is 20.1. The fraction of sp³-hybridized carbons (Fsp3) is 0.440. The minimum atomic E-state index is -1.05. The largest absolute Gasteiger partial charge is 0.381 e. The Labute approximate surface area is 194 Å². The average Bonchev–Trinajstić information content (AvgIpc) is 2.83. The molecule has 0 aromatic heterocycles. The van der Waals surface area contributed by atoms with Gasteiger partial charge in [-0.05, 0) is 48.2 Å². The zero-order valence-electron chi connectivity index (χ0n) is 19.0. The number of ether oxygens (including phenoxy) is 1. The highest BCUT2D eigenvalue weighted by atomic mass is 19.1. The molecule has 1 atom stereocenters. The lowest BCUT2D eigenvalue weighted by atomic mass is 9.90. The van der Waals surface area contributed by atoms with E-state index in [0.717, 1.165) is 36.3 Å². The molecule has 33 heavy (non-hydrogen) atoms. The maximum absolute atomic E-state index is 14.8. The van der Waals surface area contributed by atoms with Crippen molar-refractivity contribution >= 4 is 5.91 Å². The number of hydrogen-bond donors (Lipinski definition) is 4. The van der Waals surface area contributed by atoms with Crippen LogP contribution in [0.2, 0.25) is 0 Å². The average molecular weight is 454 g/mol. The van der Waals surface area contributed by atoms with Gasteiger partial charge < -0.3 is 26.4 Å². The number of nitrogens with one attached hydrogen (secondary N) is 3. The molecule has 1 amide bonds. The molecule has 0 spiro atoms. The topological polar surface area (TPSA) is 112 Å². The van der Waals surface area contributed by atoms with Crippen molar-refractivity contribution in [3.63, 3.8) is 0 Å². The predicted octanol–water partition coefficient (Wildman–Crippen LogP) is 1.86. The fourth-order valence-corrected chi connectivity index (χ4v) is 3.77. The molecule has 7 nitrogen and oxygen atoms in total. The van der Waals surface area contributed by atoms with Gasteiger partial charge in [-0.15, -0.1) is 0 Å². The van der Waals surface area contributed by atoms with Crippen LogP contribution in [-0.4, -0.2) is 50.8 Å². The summed E-state index contributed by atoms with van der Waals surface area (Å²) in [4.78, 5) is 12.6. The molecule has 1 saturated heterocycles. The Morgan fingerprint density at radius 1 is 1.18 bits per heavy atom. The Morgan fingerprint density at radius 2 is 1.88 bits per heavy atom. The van der Waals surface area contributed by atoms with E-state index in [4.69, 9.17) is 10.5 Å². The van der Waals surface area contributed by atoms with Gasteiger partial charge in [-0.1, -0.05) is 36.4 Å². The first-order chi connectivity index (χ1) is 15.9. The van der Waals surface area contributed by atoms with E-state index in [1.165, 1.54) is 6.07 Å². The maximum atomic E-state index is 14.8. The molecule has 0 saturated carbocycles. The zero-order valence-corrected chi connectivity index (χ0v) is 19.0. The number of nitrogens with zero attached hydrogens (tertiary/aromatic N) is 1. The van der Waals surface area contributed by atoms with Crippen LogP contribution in [0.1, 0.15) is 24.0 Å². The molecule has 3 rings (SSSR count). The van der Waals surface area contributed by atoms with Crippen molar-refractivity contribution in [3.05, 3.63) is 59.4 Å². The van der Waals surface area contributed by atoms with E-state index < -0.39 is 23.3 Å². The number of carbonyl (C=O) groups is 1. The second-order valence-electron chi connectivity index (χ2n) is 8.41. The van der Waals surface area contributed by atoms with Crippen LogP contribution in [-0.2, 0) is 22.5 Å². The third-order valence-electron chi connectivity index (χ3n) is 5.94. The summed E-state index contributed by atoms with van der Waals surface area (Å²) in [6.45, 7) is 3.38. The van der Waals surface area contributed by atoms with Crippen LogP contribution in [0, 0.1) is 17.1 Å². The number of benzene rings is 2. The molecule has 1 aliphatic rings. The van der Waals surface area contributed by atoms with E-state index in [0.29, 0.717) is 31.6 Å². The summed E-state index contributed by atoms with van der Waals surface area (Å²) in [6, 6.07) is 14.1. The van der Waals surface area contributed by atoms with Crippen molar-refractivity contribution in [1.29, 1.82) is 5.26 Å². The minimum Gasteiger partial charge on any atom is -0.381 e. The summed E-state index contributed by atoms with van der Waals surface area (Å²) in [7, 11) is 1.92. The highest BCUT2D eigenvalue weighted by molar-refractivity contribution is 5.86. The summed E-state index contributed by atoms with van der Waals surface area (Å²) in [6.07, 6.45) is 0.855. The molecule has 5 N–H and O–H groups in total. The first-order valence-corrected chi connectivity index (χ1v) is 11.3. The molecule has 1 aliphatic heterocycles. The number of nitriles is 1. The predicted molar refractivity (Wildman–Crippen MR) is 126 cm³/mol. The maximum Gasteiger partial charge on any atom is 0.241 e. The van der Waals surface area contributed by atoms with Crippen molar-refractivity contribution in [2.45, 2.75) is 37.4 Å². The first kappa shape index (κ1) is 24.8. The van der Waals surface area contributed by atoms with Crippen molar-refractivity contribution in [1.82, 2.24) is 16.0 Å². The quantitative estimate of drug-likeness (QED) is 0.409. The Bertz CT molecular complexity index is 968. The molecule has 0 bridgehead atoms. The number of rotatable bonds is 10. The van der Waals surface area contributed by atoms with Crippen molar-refractivity contribution in [2.24, 2.45) is 5.73 Å². The van der Waals surface area contributed by atoms with E-state index in [9.17, 15) is 14.4 Å². The molecular formula is C25H32FN5O2. The summed E-state index contributed by atoms with van der Waals surface area (Å²) in [5, 5.41) is 18.6. The van der Waals surface area contributed by atoms with Gasteiger partial charge in [0.05, 0.1) is 11.6 Å². The third-order valence-corrected chi connectivity index (χ3v) is 5.94. The van der Waals surface area contributed by atoms with Gasteiger partial charge in [0.1, 0.15) is 11.9 Å². The van der Waals surface area contributed by atoms with E-state index in [1.54, 1.807) is 6.07 Å². The number of halogens is 1. The molecular weight excluding hydrogens is 421 g/mol. The van der Waals surface area contributed by atoms with Crippen LogP contribution >= 0.6 is 0 Å². The van der Waals surface area contributed by atoms with Crippen LogP contribution in [0.25, 0.3) is 11.1 Å². The number of amides is 1. The highest BCUT2D eigenvalue weighted by Crippen LogP contribution is 2.24. The van der Waals surface area contributed by atoms with E-state index >= 15 is 0 Å². The van der Waals surface area contributed by atoms with Gasteiger partial charge in [0.2, 0.25) is 5.91 Å². The molecule has 8 heteroatoms. The molecule has 1 fully saturated rings. The number of likely N-dealkylation sites (N-methyl/N-ethyl adjacent to an activating group) is 1. The van der Waals surface area contributed by atoms with Crippen molar-refractivity contribution in [2.75, 3.05) is 33.4 Å². The standard InChI is InChI=1S/C25H32FN5O2/c1-29-10-11-30-17-18-2-4-19(5-3-18)20-6-7-21(23(26)15-20)14-22(16-27)31-24(32)25(28)8-12-33-13-9-25/h2-7,15,22,29-30H,8-14,17,28H2,1H3,(H,31,32)/t22-/m0/s1. The molecule has 0 aliphatic carbocycles. The van der Waals surface area contributed by atoms with Crippen LogP contribution in [0.4, 0.5) is 4.39 Å². The Hall–Kier alpha value is -2.83. The molecule has 0 radical (unpaired) electrons. The molecule has 176 valence electrons. The Kier molecular flexibility index (Phi) is 8.92. The van der Waals surface area contributed by atoms with Crippen LogP contribution in [0.5, 0.6) is 0 Å². The number of carbonyl (C=O) groups excluding carboxylic acids is 1. The molecule has 1 heterocycles. The van der Waals surface area contributed by atoms with Crippen molar-refractivity contribution < 1.29 is 13.9 Å². The first-order valence-electron chi connectivity index (χ1n) is 11.3. The monoisotopic (exact) mass is 453 g/mol. The summed E-state index contributed by atoms with van der Waals surface area (Å²) in [5.41, 5.74) is 8.32. The molecule has 2 aromatic rings. The van der Waals surface area contributed by atoms with Crippen LogP contribution < -0.4 is 21.7 Å². The van der Waals surface area contributed by atoms with Crippen LogP contribution in [0.3, 0.4) is 0 Å². The molecule has 2 aromatic carbocycles. The highest BCUT2D eigenvalue weighted by Gasteiger charge is 2.36. The number of hydrogen-bond acceptors (Lipinski definition) is 6. The van der Waals surface area contributed by atoms with Gasteiger partial charge in [-0.25, -0.2) is 4.39 Å². The second-order valence-corrected chi connectivity index (χ2v) is 8.41. The number of nitrogens with two attached hydrogens (primary N) is 1. The Morgan fingerprint density at radius 3 is 2.52 bits per heavy atom. The third kappa shape index (κ3) is 6.83. The zero-order chi connectivity index (χ0) is 23.7. The lowest BCUT2D eigenvalue weighted by molar-refractivity contribution is -0.130. The van der Waals surface area contributed by atoms with E-state index in [1.807, 2.05) is 43.4 Å². The van der Waals surface area contributed by atoms with Gasteiger partial charge in [-0.2, -0.15) is 5.26 Å². The lowest BCUT2D eigenvalue weighted by Crippen LogP contribution is -2.58. The van der Waals surface area contributed by atoms with Crippen molar-refractivity contribution in [3.8, 4) is 17.2 Å². The summed E-state index contributed by atoms with van der Waals surface area (Å²) >= 11 is 0. The SMILES string of the molecule is CNCCNCc1ccc(-c2ccc(C[C@@H](C#N)NC(=O)C3(N)CCOCC3)c(F)c2)cc1. The van der Waals surface area contributed by atoms with Gasteiger partial charge in [-0.3, -0.25) is 4.79 Å².